The summed E-state index contributed by atoms with van der Waals surface area (Å²) in [7, 11) is 0. The highest BCUT2D eigenvalue weighted by Crippen LogP contribution is 2.30. The summed E-state index contributed by atoms with van der Waals surface area (Å²) in [5.74, 6) is 0.563. The van der Waals surface area contributed by atoms with Gasteiger partial charge in [0.25, 0.3) is 0 Å². The minimum Gasteiger partial charge on any atom is -0.508 e. The molecular formula is C18H28N2O3. The van der Waals surface area contributed by atoms with Crippen LogP contribution in [-0.2, 0) is 4.74 Å². The smallest absolute Gasteiger partial charge is 0.410 e. The molecule has 23 heavy (non-hydrogen) atoms. The van der Waals surface area contributed by atoms with Gasteiger partial charge in [0, 0.05) is 25.0 Å². The Labute approximate surface area is 138 Å². The molecule has 1 aromatic carbocycles. The molecule has 5 nitrogen and oxygen atoms in total. The monoisotopic (exact) mass is 320 g/mol. The number of piperidine rings is 1. The zero-order chi connectivity index (χ0) is 17.0. The molecule has 0 aliphatic carbocycles. The number of phenols is 1. The summed E-state index contributed by atoms with van der Waals surface area (Å²) in [4.78, 5) is 14.1. The van der Waals surface area contributed by atoms with Crippen LogP contribution in [0.15, 0.2) is 24.3 Å². The second-order valence-corrected chi connectivity index (χ2v) is 7.08. The van der Waals surface area contributed by atoms with E-state index in [-0.39, 0.29) is 23.8 Å². The Hall–Kier alpha value is -1.75. The van der Waals surface area contributed by atoms with E-state index in [1.54, 1.807) is 11.0 Å². The molecule has 5 heteroatoms. The zero-order valence-corrected chi connectivity index (χ0v) is 14.5. The van der Waals surface area contributed by atoms with Gasteiger partial charge in [-0.3, -0.25) is 0 Å². The lowest BCUT2D eigenvalue weighted by Gasteiger charge is -2.39. The van der Waals surface area contributed by atoms with Crippen LogP contribution < -0.4 is 5.32 Å². The summed E-state index contributed by atoms with van der Waals surface area (Å²) in [6.45, 7) is 9.82. The van der Waals surface area contributed by atoms with Crippen molar-refractivity contribution in [2.75, 3.05) is 19.6 Å². The molecule has 2 rings (SSSR count). The van der Waals surface area contributed by atoms with Gasteiger partial charge in [0.05, 0.1) is 0 Å². The molecule has 1 amide bonds. The number of nitrogens with one attached hydrogen (secondary N) is 1. The number of likely N-dealkylation sites (tertiary alicyclic amines) is 1. The van der Waals surface area contributed by atoms with Gasteiger partial charge < -0.3 is 20.1 Å². The van der Waals surface area contributed by atoms with E-state index in [0.717, 1.165) is 18.5 Å². The van der Waals surface area contributed by atoms with Crippen molar-refractivity contribution in [2.24, 2.45) is 0 Å². The van der Waals surface area contributed by atoms with Crippen molar-refractivity contribution in [1.29, 1.82) is 0 Å². The van der Waals surface area contributed by atoms with Crippen molar-refractivity contribution in [3.05, 3.63) is 29.8 Å². The first-order valence-electron chi connectivity index (χ1n) is 8.30. The third-order valence-corrected chi connectivity index (χ3v) is 4.03. The number of hydrogen-bond acceptors (Lipinski definition) is 4. The van der Waals surface area contributed by atoms with Crippen molar-refractivity contribution in [3.63, 3.8) is 0 Å². The number of carbonyl (C=O) groups is 1. The summed E-state index contributed by atoms with van der Waals surface area (Å²) in [6.07, 6.45) is 0.593. The molecule has 1 heterocycles. The number of hydrogen-bond donors (Lipinski definition) is 2. The molecule has 0 bridgehead atoms. The number of ether oxygens (including phenoxy) is 1. The fraction of sp³-hybridized carbons (Fsp3) is 0.611. The van der Waals surface area contributed by atoms with Crippen molar-refractivity contribution < 1.29 is 14.6 Å². The third-order valence-electron chi connectivity index (χ3n) is 4.03. The van der Waals surface area contributed by atoms with Gasteiger partial charge in [0.2, 0.25) is 0 Å². The topological polar surface area (TPSA) is 61.8 Å². The van der Waals surface area contributed by atoms with Gasteiger partial charge in [-0.15, -0.1) is 0 Å². The van der Waals surface area contributed by atoms with E-state index in [1.165, 1.54) is 0 Å². The Morgan fingerprint density at radius 3 is 2.78 bits per heavy atom. The molecule has 1 saturated heterocycles. The Bertz CT molecular complexity index is 539. The number of benzene rings is 1. The molecular weight excluding hydrogens is 292 g/mol. The first kappa shape index (κ1) is 17.6. The van der Waals surface area contributed by atoms with E-state index in [2.05, 4.69) is 12.2 Å². The van der Waals surface area contributed by atoms with Gasteiger partial charge in [0.15, 0.2) is 0 Å². The Kier molecular flexibility index (Phi) is 5.52. The first-order valence-corrected chi connectivity index (χ1v) is 8.30. The molecule has 1 aliphatic heterocycles. The SMILES string of the molecule is CCN[C@H]1CN(C(=O)OC(C)(C)C)CC[C@@H]1c1cccc(O)c1. The maximum Gasteiger partial charge on any atom is 0.410 e. The summed E-state index contributed by atoms with van der Waals surface area (Å²) in [6, 6.07) is 7.56. The lowest BCUT2D eigenvalue weighted by molar-refractivity contribution is 0.0172. The molecule has 1 fully saturated rings. The number of amides is 1. The first-order chi connectivity index (χ1) is 10.8. The predicted octanol–water partition coefficient (Wildman–Crippen LogP) is 3.09. The molecule has 0 spiro atoms. The van der Waals surface area contributed by atoms with Crippen molar-refractivity contribution >= 4 is 6.09 Å². The van der Waals surface area contributed by atoms with Crippen LogP contribution in [0.5, 0.6) is 5.75 Å². The molecule has 128 valence electrons. The van der Waals surface area contributed by atoms with E-state index in [4.69, 9.17) is 4.74 Å². The second kappa shape index (κ2) is 7.21. The van der Waals surface area contributed by atoms with Crippen LogP contribution in [0, 0.1) is 0 Å². The van der Waals surface area contributed by atoms with Gasteiger partial charge in [-0.25, -0.2) is 4.79 Å². The van der Waals surface area contributed by atoms with Crippen LogP contribution in [0.1, 0.15) is 45.6 Å². The Morgan fingerprint density at radius 1 is 1.43 bits per heavy atom. The van der Waals surface area contributed by atoms with Gasteiger partial charge in [0.1, 0.15) is 11.4 Å². The van der Waals surface area contributed by atoms with E-state index in [9.17, 15) is 9.90 Å². The summed E-state index contributed by atoms with van der Waals surface area (Å²) in [5.41, 5.74) is 0.632. The van der Waals surface area contributed by atoms with Gasteiger partial charge in [-0.1, -0.05) is 19.1 Å². The Balaban J connectivity index is 2.10. The van der Waals surface area contributed by atoms with Crippen molar-refractivity contribution in [3.8, 4) is 5.75 Å². The van der Waals surface area contributed by atoms with Crippen LogP contribution in [0.3, 0.4) is 0 Å². The maximum atomic E-state index is 12.3. The average molecular weight is 320 g/mol. The van der Waals surface area contributed by atoms with Crippen LogP contribution >= 0.6 is 0 Å². The molecule has 0 unspecified atom stereocenters. The predicted molar refractivity (Wildman–Crippen MR) is 90.7 cm³/mol. The Morgan fingerprint density at radius 2 is 2.17 bits per heavy atom. The van der Waals surface area contributed by atoms with Gasteiger partial charge in [-0.2, -0.15) is 0 Å². The number of phenolic OH excluding ortho intramolecular Hbond substituents is 1. The standard InChI is InChI=1S/C18H28N2O3/c1-5-19-16-12-20(17(22)23-18(2,3)4)10-9-15(16)13-7-6-8-14(21)11-13/h6-8,11,15-16,19,21H,5,9-10,12H2,1-4H3/t15-,16+/m1/s1. The van der Waals surface area contributed by atoms with Crippen LogP contribution in [0.2, 0.25) is 0 Å². The van der Waals surface area contributed by atoms with Crippen molar-refractivity contribution in [1.82, 2.24) is 10.2 Å². The van der Waals surface area contributed by atoms with Crippen LogP contribution in [-0.4, -0.2) is 47.4 Å². The second-order valence-electron chi connectivity index (χ2n) is 7.08. The number of nitrogens with zero attached hydrogens (tertiary/aromatic N) is 1. The maximum absolute atomic E-state index is 12.3. The number of likely N-dealkylation sites (N-methyl/N-ethyl adjacent to an activating group) is 1. The van der Waals surface area contributed by atoms with Gasteiger partial charge >= 0.3 is 6.09 Å². The molecule has 0 aromatic heterocycles. The average Bonchev–Trinajstić information content (AvgIpc) is 2.45. The normalized spacial score (nSPS) is 22.0. The molecule has 0 saturated carbocycles. The largest absolute Gasteiger partial charge is 0.508 e. The van der Waals surface area contributed by atoms with E-state index in [1.807, 2.05) is 39.0 Å². The third kappa shape index (κ3) is 4.86. The minimum absolute atomic E-state index is 0.156. The highest BCUT2D eigenvalue weighted by molar-refractivity contribution is 5.68. The molecule has 0 radical (unpaired) electrons. The summed E-state index contributed by atoms with van der Waals surface area (Å²) in [5, 5.41) is 13.2. The quantitative estimate of drug-likeness (QED) is 0.898. The highest BCUT2D eigenvalue weighted by atomic mass is 16.6. The lowest BCUT2D eigenvalue weighted by Crippen LogP contribution is -2.52. The number of aromatic hydroxyl groups is 1. The highest BCUT2D eigenvalue weighted by Gasteiger charge is 2.33. The zero-order valence-electron chi connectivity index (χ0n) is 14.5. The van der Waals surface area contributed by atoms with E-state index >= 15 is 0 Å². The minimum atomic E-state index is -0.479. The lowest BCUT2D eigenvalue weighted by atomic mass is 9.85. The van der Waals surface area contributed by atoms with Crippen LogP contribution in [0.4, 0.5) is 4.79 Å². The number of rotatable bonds is 3. The van der Waals surface area contributed by atoms with Gasteiger partial charge in [-0.05, 0) is 51.4 Å². The molecule has 2 N–H and O–H groups in total. The molecule has 2 atom stereocenters. The summed E-state index contributed by atoms with van der Waals surface area (Å²) >= 11 is 0. The van der Waals surface area contributed by atoms with E-state index in [0.29, 0.717) is 13.1 Å². The summed E-state index contributed by atoms with van der Waals surface area (Å²) < 4.78 is 5.48. The van der Waals surface area contributed by atoms with Crippen LogP contribution in [0.25, 0.3) is 0 Å². The fourth-order valence-corrected chi connectivity index (χ4v) is 3.07. The fourth-order valence-electron chi connectivity index (χ4n) is 3.07. The molecule has 1 aromatic rings. The molecule has 1 aliphatic rings. The van der Waals surface area contributed by atoms with Crippen molar-refractivity contribution in [2.45, 2.75) is 51.7 Å². The van der Waals surface area contributed by atoms with E-state index < -0.39 is 5.60 Å². The number of carbonyl (C=O) groups excluding carboxylic acids is 1.